The van der Waals surface area contributed by atoms with Crippen molar-refractivity contribution in [2.24, 2.45) is 0 Å². The Labute approximate surface area is 177 Å². The minimum Gasteiger partial charge on any atom is -0.309 e. The Bertz CT molecular complexity index is 1060. The molecular weight excluding hydrogens is 408 g/mol. The molecule has 3 rings (SSSR count). The quantitative estimate of drug-likeness (QED) is 0.297. The van der Waals surface area contributed by atoms with Gasteiger partial charge in [0.1, 0.15) is 0 Å². The first-order chi connectivity index (χ1) is 13.8. The summed E-state index contributed by atoms with van der Waals surface area (Å²) in [6.45, 7) is 3.43. The smallest absolute Gasteiger partial charge is 0.309 e. The van der Waals surface area contributed by atoms with E-state index in [-0.39, 0.29) is 10.9 Å². The summed E-state index contributed by atoms with van der Waals surface area (Å²) in [5.41, 5.74) is 2.02. The van der Waals surface area contributed by atoms with Crippen molar-refractivity contribution in [1.29, 1.82) is 0 Å². The molecule has 1 amide bonds. The van der Waals surface area contributed by atoms with Crippen LogP contribution in [-0.4, -0.2) is 47.9 Å². The van der Waals surface area contributed by atoms with Crippen molar-refractivity contribution < 1.29 is 9.72 Å². The third kappa shape index (κ3) is 5.47. The van der Waals surface area contributed by atoms with Gasteiger partial charge in [0.2, 0.25) is 0 Å². The van der Waals surface area contributed by atoms with Crippen LogP contribution in [0, 0.1) is 17.0 Å². The topological polar surface area (TPSA) is 79.6 Å². The van der Waals surface area contributed by atoms with Crippen LogP contribution in [-0.2, 0) is 4.79 Å². The van der Waals surface area contributed by atoms with Crippen molar-refractivity contribution in [2.75, 3.05) is 32.1 Å². The first kappa shape index (κ1) is 21.1. The number of thiazole rings is 1. The van der Waals surface area contributed by atoms with Gasteiger partial charge in [-0.15, -0.1) is 0 Å². The number of amides is 1. The highest BCUT2D eigenvalue weighted by Crippen LogP contribution is 2.30. The number of fused-ring (bicyclic) bond motifs is 1. The summed E-state index contributed by atoms with van der Waals surface area (Å²) in [5.74, 6) is -0.185. The number of carbonyl (C=O) groups excluding carboxylic acids is 1. The van der Waals surface area contributed by atoms with Crippen molar-refractivity contribution in [1.82, 2.24) is 9.88 Å². The lowest BCUT2D eigenvalue weighted by Crippen LogP contribution is -2.32. The van der Waals surface area contributed by atoms with Gasteiger partial charge in [-0.2, -0.15) is 0 Å². The molecule has 152 valence electrons. The predicted molar refractivity (Wildman–Crippen MR) is 120 cm³/mol. The summed E-state index contributed by atoms with van der Waals surface area (Å²) < 4.78 is 1.04. The lowest BCUT2D eigenvalue weighted by Gasteiger charge is -2.19. The molecule has 0 aliphatic heterocycles. The minimum atomic E-state index is -0.430. The summed E-state index contributed by atoms with van der Waals surface area (Å²) in [6, 6.07) is 9.13. The number of carbonyl (C=O) groups is 1. The number of aromatic nitrogens is 1. The van der Waals surface area contributed by atoms with Crippen LogP contribution in [0.15, 0.2) is 36.4 Å². The zero-order chi connectivity index (χ0) is 21.0. The SMILES string of the molecule is Cc1ccc2nc(N(CCCN(C)C)C(=O)/C=C/c3ccc([N+](=O)[O-])s3)sc2c1. The van der Waals surface area contributed by atoms with Crippen molar-refractivity contribution in [3.05, 3.63) is 57.0 Å². The average Bonchev–Trinajstić information content (AvgIpc) is 3.29. The molecule has 7 nitrogen and oxygen atoms in total. The van der Waals surface area contributed by atoms with Gasteiger partial charge in [-0.05, 0) is 63.8 Å². The Hall–Kier alpha value is -2.62. The normalized spacial score (nSPS) is 11.6. The molecule has 2 heterocycles. The molecule has 29 heavy (non-hydrogen) atoms. The number of nitrogens with zero attached hydrogens (tertiary/aromatic N) is 4. The summed E-state index contributed by atoms with van der Waals surface area (Å²) in [5, 5.41) is 11.6. The number of thiophene rings is 1. The fourth-order valence-electron chi connectivity index (χ4n) is 2.75. The molecule has 0 atom stereocenters. The highest BCUT2D eigenvalue weighted by Gasteiger charge is 2.18. The molecule has 3 aromatic rings. The number of hydrogen-bond donors (Lipinski definition) is 0. The molecule has 0 saturated carbocycles. The van der Waals surface area contributed by atoms with Crippen LogP contribution >= 0.6 is 22.7 Å². The molecule has 0 saturated heterocycles. The van der Waals surface area contributed by atoms with Crippen molar-refractivity contribution in [2.45, 2.75) is 13.3 Å². The molecule has 0 spiro atoms. The maximum Gasteiger partial charge on any atom is 0.324 e. The van der Waals surface area contributed by atoms with E-state index in [1.54, 1.807) is 17.0 Å². The molecule has 0 N–H and O–H groups in total. The Morgan fingerprint density at radius 3 is 2.69 bits per heavy atom. The van der Waals surface area contributed by atoms with E-state index < -0.39 is 4.92 Å². The Balaban J connectivity index is 1.83. The van der Waals surface area contributed by atoms with E-state index in [1.165, 1.54) is 23.5 Å². The van der Waals surface area contributed by atoms with E-state index in [2.05, 4.69) is 16.0 Å². The van der Waals surface area contributed by atoms with Gasteiger partial charge < -0.3 is 4.90 Å². The maximum absolute atomic E-state index is 12.9. The number of nitro groups is 1. The first-order valence-corrected chi connectivity index (χ1v) is 10.7. The summed E-state index contributed by atoms with van der Waals surface area (Å²) >= 11 is 2.54. The van der Waals surface area contributed by atoms with Gasteiger partial charge in [0, 0.05) is 23.6 Å². The van der Waals surface area contributed by atoms with E-state index in [4.69, 9.17) is 0 Å². The van der Waals surface area contributed by atoms with Crippen LogP contribution in [0.25, 0.3) is 16.3 Å². The molecule has 2 aromatic heterocycles. The lowest BCUT2D eigenvalue weighted by molar-refractivity contribution is -0.380. The van der Waals surface area contributed by atoms with E-state index in [1.807, 2.05) is 33.2 Å². The predicted octanol–water partition coefficient (Wildman–Crippen LogP) is 4.57. The first-order valence-electron chi connectivity index (χ1n) is 9.09. The molecule has 0 aliphatic carbocycles. The second-order valence-electron chi connectivity index (χ2n) is 6.88. The molecule has 0 unspecified atom stereocenters. The fraction of sp³-hybridized carbons (Fsp3) is 0.300. The van der Waals surface area contributed by atoms with Gasteiger partial charge in [-0.25, -0.2) is 4.98 Å². The van der Waals surface area contributed by atoms with Crippen molar-refractivity contribution >= 4 is 55.0 Å². The van der Waals surface area contributed by atoms with Gasteiger partial charge in [0.15, 0.2) is 5.13 Å². The highest BCUT2D eigenvalue weighted by atomic mass is 32.1. The van der Waals surface area contributed by atoms with Gasteiger partial charge in [0.25, 0.3) is 5.91 Å². The summed E-state index contributed by atoms with van der Waals surface area (Å²) in [6.07, 6.45) is 3.89. The summed E-state index contributed by atoms with van der Waals surface area (Å²) in [7, 11) is 3.99. The molecule has 9 heteroatoms. The lowest BCUT2D eigenvalue weighted by atomic mass is 10.2. The van der Waals surface area contributed by atoms with Crippen LogP contribution in [0.1, 0.15) is 16.9 Å². The zero-order valence-corrected chi connectivity index (χ0v) is 18.1. The van der Waals surface area contributed by atoms with Crippen LogP contribution in [0.3, 0.4) is 0 Å². The molecule has 0 radical (unpaired) electrons. The van der Waals surface area contributed by atoms with E-state index in [0.717, 1.165) is 40.1 Å². The van der Waals surface area contributed by atoms with E-state index in [0.29, 0.717) is 16.6 Å². The monoisotopic (exact) mass is 430 g/mol. The molecular formula is C20H22N4O3S2. The third-order valence-corrected chi connectivity index (χ3v) is 6.24. The number of anilines is 1. The van der Waals surface area contributed by atoms with Gasteiger partial charge in [-0.1, -0.05) is 28.7 Å². The van der Waals surface area contributed by atoms with Crippen LogP contribution in [0.4, 0.5) is 10.1 Å². The van der Waals surface area contributed by atoms with E-state index >= 15 is 0 Å². The molecule has 0 fully saturated rings. The number of rotatable bonds is 8. The van der Waals surface area contributed by atoms with Gasteiger partial charge in [0.05, 0.1) is 15.1 Å². The number of hydrogen-bond acceptors (Lipinski definition) is 7. The highest BCUT2D eigenvalue weighted by molar-refractivity contribution is 7.22. The van der Waals surface area contributed by atoms with Crippen LogP contribution < -0.4 is 4.90 Å². The summed E-state index contributed by atoms with van der Waals surface area (Å²) in [4.78, 5) is 32.4. The fourth-order valence-corrected chi connectivity index (χ4v) is 4.57. The van der Waals surface area contributed by atoms with Crippen molar-refractivity contribution in [3.63, 3.8) is 0 Å². The Morgan fingerprint density at radius 1 is 1.21 bits per heavy atom. The molecule has 1 aromatic carbocycles. The molecule has 0 aliphatic rings. The standard InChI is InChI=1S/C20H22N4O3S2/c1-14-5-8-16-17(13-14)29-20(21-16)23(12-4-11-22(2)3)18(25)9-6-15-7-10-19(28-15)24(26)27/h5-10,13H,4,11-12H2,1-3H3/b9-6+. The largest absolute Gasteiger partial charge is 0.324 e. The Morgan fingerprint density at radius 2 is 2.00 bits per heavy atom. The van der Waals surface area contributed by atoms with Gasteiger partial charge in [-0.3, -0.25) is 19.8 Å². The second kappa shape index (κ2) is 9.25. The second-order valence-corrected chi connectivity index (χ2v) is 8.98. The minimum absolute atomic E-state index is 0.0569. The number of aryl methyl sites for hydroxylation is 1. The third-order valence-electron chi connectivity index (χ3n) is 4.20. The average molecular weight is 431 g/mol. The number of benzene rings is 1. The zero-order valence-electron chi connectivity index (χ0n) is 16.5. The van der Waals surface area contributed by atoms with Crippen LogP contribution in [0.5, 0.6) is 0 Å². The maximum atomic E-state index is 12.9. The van der Waals surface area contributed by atoms with Crippen LogP contribution in [0.2, 0.25) is 0 Å². The molecule has 0 bridgehead atoms. The van der Waals surface area contributed by atoms with Crippen molar-refractivity contribution in [3.8, 4) is 0 Å². The van der Waals surface area contributed by atoms with Gasteiger partial charge >= 0.3 is 5.00 Å². The Kier molecular flexibility index (Phi) is 6.73. The van der Waals surface area contributed by atoms with E-state index in [9.17, 15) is 14.9 Å².